The number of nitrogens with one attached hydrogen (secondary N) is 1. The first-order chi connectivity index (χ1) is 16.9. The smallest absolute Gasteiger partial charge is 0.262 e. The van der Waals surface area contributed by atoms with E-state index in [1.807, 2.05) is 0 Å². The predicted molar refractivity (Wildman–Crippen MR) is 129 cm³/mol. The van der Waals surface area contributed by atoms with Gasteiger partial charge in [-0.2, -0.15) is 0 Å². The molecule has 2 aliphatic rings. The number of carbonyl (C=O) groups is 1. The van der Waals surface area contributed by atoms with Gasteiger partial charge in [0.15, 0.2) is 11.5 Å². The molecular formula is C26H25FN2O5S. The van der Waals surface area contributed by atoms with Gasteiger partial charge < -0.3 is 14.4 Å². The van der Waals surface area contributed by atoms with E-state index in [2.05, 4.69) is 4.72 Å². The number of benzene rings is 3. The first-order valence-electron chi connectivity index (χ1n) is 11.5. The molecule has 7 nitrogen and oxygen atoms in total. The summed E-state index contributed by atoms with van der Waals surface area (Å²) in [6.07, 6.45) is 2.53. The molecule has 1 aliphatic heterocycles. The maximum Gasteiger partial charge on any atom is 0.262 e. The standard InChI is InChI=1S/C26H25FN2O5S/c27-20-7-5-18(6-8-20)17-29(22-9-10-22)26(30)19-3-1-4-21(15-19)28-35(31,32)23-11-12-24-25(16-23)34-14-2-13-33-24/h1,3-8,11-12,15-16,22,28H,2,9-10,13-14,17H2. The minimum Gasteiger partial charge on any atom is -0.490 e. The van der Waals surface area contributed by atoms with Crippen molar-refractivity contribution in [1.82, 2.24) is 4.90 Å². The number of hydrogen-bond donors (Lipinski definition) is 1. The summed E-state index contributed by atoms with van der Waals surface area (Å²) in [5, 5.41) is 0. The third-order valence-corrected chi connectivity index (χ3v) is 7.28. The van der Waals surface area contributed by atoms with Crippen molar-refractivity contribution in [3.05, 3.63) is 83.7 Å². The highest BCUT2D eigenvalue weighted by Crippen LogP contribution is 2.33. The summed E-state index contributed by atoms with van der Waals surface area (Å²) in [6.45, 7) is 1.32. The van der Waals surface area contributed by atoms with E-state index in [0.717, 1.165) is 24.8 Å². The minimum atomic E-state index is -3.92. The van der Waals surface area contributed by atoms with E-state index in [4.69, 9.17) is 9.47 Å². The highest BCUT2D eigenvalue weighted by atomic mass is 32.2. The van der Waals surface area contributed by atoms with Crippen LogP contribution in [0.3, 0.4) is 0 Å². The van der Waals surface area contributed by atoms with Gasteiger partial charge in [0.05, 0.1) is 18.1 Å². The Kier molecular flexibility index (Phi) is 6.34. The second kappa shape index (κ2) is 9.58. The Hall–Kier alpha value is -3.59. The molecule has 1 saturated carbocycles. The summed E-state index contributed by atoms with van der Waals surface area (Å²) in [4.78, 5) is 15.1. The zero-order chi connectivity index (χ0) is 24.4. The van der Waals surface area contributed by atoms with Crippen molar-refractivity contribution in [3.8, 4) is 11.5 Å². The summed E-state index contributed by atoms with van der Waals surface area (Å²) in [6, 6.07) is 17.1. The maximum atomic E-state index is 13.3. The highest BCUT2D eigenvalue weighted by molar-refractivity contribution is 7.92. The Bertz CT molecular complexity index is 1340. The minimum absolute atomic E-state index is 0.0365. The number of fused-ring (bicyclic) bond motifs is 1. The number of amides is 1. The molecule has 35 heavy (non-hydrogen) atoms. The van der Waals surface area contributed by atoms with Crippen LogP contribution in [0.5, 0.6) is 11.5 Å². The zero-order valence-corrected chi connectivity index (χ0v) is 19.8. The van der Waals surface area contributed by atoms with Crippen LogP contribution in [-0.2, 0) is 16.6 Å². The molecule has 3 aromatic rings. The molecule has 1 N–H and O–H groups in total. The first-order valence-corrected chi connectivity index (χ1v) is 13.0. The van der Waals surface area contributed by atoms with Gasteiger partial charge >= 0.3 is 0 Å². The van der Waals surface area contributed by atoms with Crippen LogP contribution >= 0.6 is 0 Å². The molecular weight excluding hydrogens is 471 g/mol. The lowest BCUT2D eigenvalue weighted by Crippen LogP contribution is -2.32. The van der Waals surface area contributed by atoms with E-state index in [0.29, 0.717) is 36.8 Å². The van der Waals surface area contributed by atoms with Gasteiger partial charge in [-0.05, 0) is 60.9 Å². The summed E-state index contributed by atoms with van der Waals surface area (Å²) >= 11 is 0. The van der Waals surface area contributed by atoms with Gasteiger partial charge in [0, 0.05) is 36.3 Å². The van der Waals surface area contributed by atoms with Gasteiger partial charge in [-0.3, -0.25) is 9.52 Å². The molecule has 0 spiro atoms. The Labute approximate surface area is 203 Å². The molecule has 0 saturated heterocycles. The molecule has 0 radical (unpaired) electrons. The summed E-state index contributed by atoms with van der Waals surface area (Å²) in [5.74, 6) is 0.366. The fourth-order valence-electron chi connectivity index (χ4n) is 3.95. The van der Waals surface area contributed by atoms with Gasteiger partial charge in [-0.15, -0.1) is 0 Å². The van der Waals surface area contributed by atoms with E-state index in [1.165, 1.54) is 30.3 Å². The molecule has 0 atom stereocenters. The maximum absolute atomic E-state index is 13.3. The molecule has 9 heteroatoms. The average molecular weight is 497 g/mol. The van der Waals surface area contributed by atoms with Crippen molar-refractivity contribution >= 4 is 21.6 Å². The van der Waals surface area contributed by atoms with Crippen LogP contribution in [0, 0.1) is 5.82 Å². The fraction of sp³-hybridized carbons (Fsp3) is 0.269. The van der Waals surface area contributed by atoms with Gasteiger partial charge in [-0.1, -0.05) is 18.2 Å². The number of halogens is 1. The Morgan fingerprint density at radius 2 is 1.71 bits per heavy atom. The number of rotatable bonds is 7. The third-order valence-electron chi connectivity index (χ3n) is 5.91. The molecule has 1 heterocycles. The number of hydrogen-bond acceptors (Lipinski definition) is 5. The first kappa shape index (κ1) is 23.2. The van der Waals surface area contributed by atoms with Crippen molar-refractivity contribution in [1.29, 1.82) is 0 Å². The monoisotopic (exact) mass is 496 g/mol. The lowest BCUT2D eigenvalue weighted by molar-refractivity contribution is 0.0730. The Balaban J connectivity index is 1.35. The third kappa shape index (κ3) is 5.40. The van der Waals surface area contributed by atoms with E-state index in [-0.39, 0.29) is 28.3 Å². The fourth-order valence-corrected chi connectivity index (χ4v) is 5.01. The van der Waals surface area contributed by atoms with Crippen LogP contribution in [0.4, 0.5) is 10.1 Å². The van der Waals surface area contributed by atoms with Crippen molar-refractivity contribution < 1.29 is 27.1 Å². The van der Waals surface area contributed by atoms with Crippen LogP contribution in [0.1, 0.15) is 35.2 Å². The second-order valence-corrected chi connectivity index (χ2v) is 10.3. The number of anilines is 1. The number of ether oxygens (including phenoxy) is 2. The molecule has 5 rings (SSSR count). The second-order valence-electron chi connectivity index (χ2n) is 8.64. The summed E-state index contributed by atoms with van der Waals surface area (Å²) < 4.78 is 53.1. The van der Waals surface area contributed by atoms with Crippen molar-refractivity contribution in [2.24, 2.45) is 0 Å². The molecule has 0 aromatic heterocycles. The van der Waals surface area contributed by atoms with Crippen LogP contribution in [0.2, 0.25) is 0 Å². The van der Waals surface area contributed by atoms with Crippen LogP contribution in [-0.4, -0.2) is 38.5 Å². The molecule has 1 amide bonds. The summed E-state index contributed by atoms with van der Waals surface area (Å²) in [7, 11) is -3.92. The van der Waals surface area contributed by atoms with E-state index < -0.39 is 10.0 Å². The predicted octanol–water partition coefficient (Wildman–Crippen LogP) is 4.59. The van der Waals surface area contributed by atoms with Crippen molar-refractivity contribution in [3.63, 3.8) is 0 Å². The molecule has 3 aromatic carbocycles. The topological polar surface area (TPSA) is 84.9 Å². The number of sulfonamides is 1. The van der Waals surface area contributed by atoms with Gasteiger partial charge in [0.25, 0.3) is 15.9 Å². The van der Waals surface area contributed by atoms with E-state index in [1.54, 1.807) is 41.3 Å². The Morgan fingerprint density at radius 1 is 0.971 bits per heavy atom. The van der Waals surface area contributed by atoms with E-state index in [9.17, 15) is 17.6 Å². The highest BCUT2D eigenvalue weighted by Gasteiger charge is 2.33. The normalized spacial score (nSPS) is 15.2. The zero-order valence-electron chi connectivity index (χ0n) is 18.9. The van der Waals surface area contributed by atoms with Gasteiger partial charge in [0.1, 0.15) is 5.82 Å². The molecule has 0 unspecified atom stereocenters. The van der Waals surface area contributed by atoms with Crippen LogP contribution in [0.25, 0.3) is 0 Å². The average Bonchev–Trinajstić information content (AvgIpc) is 3.70. The lowest BCUT2D eigenvalue weighted by atomic mass is 10.1. The molecule has 1 fully saturated rings. The van der Waals surface area contributed by atoms with Crippen LogP contribution < -0.4 is 14.2 Å². The van der Waals surface area contributed by atoms with Crippen LogP contribution in [0.15, 0.2) is 71.6 Å². The largest absolute Gasteiger partial charge is 0.490 e. The SMILES string of the molecule is O=C(c1cccc(NS(=O)(=O)c2ccc3c(c2)OCCCO3)c1)N(Cc1ccc(F)cc1)C1CC1. The Morgan fingerprint density at radius 3 is 2.46 bits per heavy atom. The number of nitrogens with zero attached hydrogens (tertiary/aromatic N) is 1. The van der Waals surface area contributed by atoms with Crippen molar-refractivity contribution in [2.75, 3.05) is 17.9 Å². The number of carbonyl (C=O) groups excluding carboxylic acids is 1. The molecule has 0 bridgehead atoms. The van der Waals surface area contributed by atoms with Gasteiger partial charge in [-0.25, -0.2) is 12.8 Å². The van der Waals surface area contributed by atoms with Crippen molar-refractivity contribution in [2.45, 2.75) is 36.7 Å². The molecule has 1 aliphatic carbocycles. The molecule has 182 valence electrons. The summed E-state index contributed by atoms with van der Waals surface area (Å²) in [5.41, 5.74) is 1.48. The lowest BCUT2D eigenvalue weighted by Gasteiger charge is -2.23. The quantitative estimate of drug-likeness (QED) is 0.517. The van der Waals surface area contributed by atoms with E-state index >= 15 is 0 Å². The van der Waals surface area contributed by atoms with Gasteiger partial charge in [0.2, 0.25) is 0 Å².